The fourth-order valence-corrected chi connectivity index (χ4v) is 6.49. The lowest BCUT2D eigenvalue weighted by Crippen LogP contribution is -2.43. The first kappa shape index (κ1) is 22.2. The van der Waals surface area contributed by atoms with E-state index in [4.69, 9.17) is 4.74 Å². The van der Waals surface area contributed by atoms with E-state index in [9.17, 15) is 12.8 Å². The number of piperazine rings is 1. The molecule has 5 rings (SSSR count). The van der Waals surface area contributed by atoms with Gasteiger partial charge in [-0.2, -0.15) is 4.31 Å². The second-order valence-corrected chi connectivity index (χ2v) is 10.6. The van der Waals surface area contributed by atoms with Gasteiger partial charge in [-0.3, -0.25) is 0 Å². The lowest BCUT2D eigenvalue weighted by Gasteiger charge is -2.33. The maximum Gasteiger partial charge on any atom is 0.243 e. The molecule has 0 bridgehead atoms. The van der Waals surface area contributed by atoms with E-state index in [2.05, 4.69) is 15.2 Å². The number of fused-ring (bicyclic) bond motifs is 1. The van der Waals surface area contributed by atoms with E-state index >= 15 is 0 Å². The standard InChI is InChI=1S/C24H29FN4O3S/c1-32-24-5-3-19(15-23(24)28-12-8-26-9-13-28)33(30,31)29-10-6-17(7-11-29)21-16-27-22-14-18(25)2-4-20(21)22/h2-5,14-17,26-27H,6-13H2,1H3. The molecule has 0 spiro atoms. The zero-order valence-corrected chi connectivity index (χ0v) is 19.5. The highest BCUT2D eigenvalue weighted by atomic mass is 32.2. The van der Waals surface area contributed by atoms with E-state index in [1.54, 1.807) is 35.7 Å². The predicted octanol–water partition coefficient (Wildman–Crippen LogP) is 3.29. The highest BCUT2D eigenvalue weighted by Crippen LogP contribution is 2.36. The number of sulfonamides is 1. The van der Waals surface area contributed by atoms with Gasteiger partial charge < -0.3 is 19.9 Å². The molecule has 9 heteroatoms. The van der Waals surface area contributed by atoms with E-state index in [0.29, 0.717) is 23.7 Å². The van der Waals surface area contributed by atoms with Crippen molar-refractivity contribution in [3.8, 4) is 5.75 Å². The van der Waals surface area contributed by atoms with Crippen molar-refractivity contribution >= 4 is 26.6 Å². The average Bonchev–Trinajstić information content (AvgIpc) is 3.27. The van der Waals surface area contributed by atoms with E-state index in [1.807, 2.05) is 6.20 Å². The Hall–Kier alpha value is -2.62. The minimum atomic E-state index is -3.61. The van der Waals surface area contributed by atoms with Crippen LogP contribution in [0.5, 0.6) is 5.75 Å². The van der Waals surface area contributed by atoms with Crippen molar-refractivity contribution in [3.63, 3.8) is 0 Å². The van der Waals surface area contributed by atoms with Crippen molar-refractivity contribution in [2.75, 3.05) is 51.3 Å². The molecule has 0 atom stereocenters. The minimum Gasteiger partial charge on any atom is -0.495 e. The summed E-state index contributed by atoms with van der Waals surface area (Å²) in [6.07, 6.45) is 3.39. The summed E-state index contributed by atoms with van der Waals surface area (Å²) in [5, 5.41) is 4.33. The second-order valence-electron chi connectivity index (χ2n) is 8.68. The van der Waals surface area contributed by atoms with Gasteiger partial charge in [-0.1, -0.05) is 0 Å². The van der Waals surface area contributed by atoms with Gasteiger partial charge in [0.05, 0.1) is 17.7 Å². The summed E-state index contributed by atoms with van der Waals surface area (Å²) in [6, 6.07) is 9.91. The number of hydrogen-bond acceptors (Lipinski definition) is 5. The Labute approximate surface area is 193 Å². The second kappa shape index (κ2) is 8.96. The van der Waals surface area contributed by atoms with Crippen LogP contribution in [0.25, 0.3) is 10.9 Å². The number of benzene rings is 2. The van der Waals surface area contributed by atoms with Gasteiger partial charge in [0.25, 0.3) is 0 Å². The molecule has 2 saturated heterocycles. The van der Waals surface area contributed by atoms with E-state index < -0.39 is 10.0 Å². The molecule has 176 valence electrons. The molecule has 0 aliphatic carbocycles. The number of halogens is 1. The van der Waals surface area contributed by atoms with Gasteiger partial charge in [-0.25, -0.2) is 12.8 Å². The third-order valence-corrected chi connectivity index (χ3v) is 8.71. The number of aromatic nitrogens is 1. The lowest BCUT2D eigenvalue weighted by atomic mass is 9.90. The average molecular weight is 473 g/mol. The zero-order chi connectivity index (χ0) is 23.0. The Morgan fingerprint density at radius 3 is 2.52 bits per heavy atom. The number of H-pyrrole nitrogens is 1. The Bertz CT molecular complexity index is 1250. The number of hydrogen-bond donors (Lipinski definition) is 2. The van der Waals surface area contributed by atoms with E-state index in [1.165, 1.54) is 12.1 Å². The number of ether oxygens (including phenoxy) is 1. The van der Waals surface area contributed by atoms with Crippen molar-refractivity contribution in [2.24, 2.45) is 0 Å². The summed E-state index contributed by atoms with van der Waals surface area (Å²) in [5.74, 6) is 0.657. The van der Waals surface area contributed by atoms with Crippen molar-refractivity contribution in [3.05, 3.63) is 54.0 Å². The van der Waals surface area contributed by atoms with Gasteiger partial charge >= 0.3 is 0 Å². The van der Waals surface area contributed by atoms with Crippen LogP contribution in [0.4, 0.5) is 10.1 Å². The lowest BCUT2D eigenvalue weighted by molar-refractivity contribution is 0.320. The van der Waals surface area contributed by atoms with Crippen molar-refractivity contribution in [1.82, 2.24) is 14.6 Å². The molecular formula is C24H29FN4O3S. The molecule has 3 heterocycles. The van der Waals surface area contributed by atoms with E-state index in [-0.39, 0.29) is 11.7 Å². The molecule has 2 aliphatic heterocycles. The summed E-state index contributed by atoms with van der Waals surface area (Å²) in [4.78, 5) is 5.62. The van der Waals surface area contributed by atoms with Crippen LogP contribution in [0.2, 0.25) is 0 Å². The number of methoxy groups -OCH3 is 1. The quantitative estimate of drug-likeness (QED) is 0.596. The van der Waals surface area contributed by atoms with Crippen LogP contribution in [-0.4, -0.2) is 64.1 Å². The van der Waals surface area contributed by atoms with Gasteiger partial charge in [0.15, 0.2) is 0 Å². The molecule has 3 aromatic rings. The number of aromatic amines is 1. The number of piperidine rings is 1. The summed E-state index contributed by atoms with van der Waals surface area (Å²) < 4.78 is 47.6. The highest BCUT2D eigenvalue weighted by Gasteiger charge is 2.32. The topological polar surface area (TPSA) is 77.7 Å². The van der Waals surface area contributed by atoms with Crippen LogP contribution in [-0.2, 0) is 10.0 Å². The molecule has 33 heavy (non-hydrogen) atoms. The normalized spacial score (nSPS) is 18.7. The summed E-state index contributed by atoms with van der Waals surface area (Å²) >= 11 is 0. The molecule has 0 amide bonds. The first-order valence-electron chi connectivity index (χ1n) is 11.4. The highest BCUT2D eigenvalue weighted by molar-refractivity contribution is 7.89. The molecule has 2 fully saturated rings. The van der Waals surface area contributed by atoms with Crippen LogP contribution in [0.15, 0.2) is 47.5 Å². The van der Waals surface area contributed by atoms with Crippen molar-refractivity contribution in [2.45, 2.75) is 23.7 Å². The third kappa shape index (κ3) is 4.20. The maximum absolute atomic E-state index is 13.5. The zero-order valence-electron chi connectivity index (χ0n) is 18.7. The Morgan fingerprint density at radius 2 is 1.79 bits per heavy atom. The molecule has 2 aromatic carbocycles. The molecular weight excluding hydrogens is 443 g/mol. The smallest absolute Gasteiger partial charge is 0.243 e. The predicted molar refractivity (Wildman–Crippen MR) is 127 cm³/mol. The molecule has 7 nitrogen and oxygen atoms in total. The van der Waals surface area contributed by atoms with Gasteiger partial charge in [0, 0.05) is 56.4 Å². The van der Waals surface area contributed by atoms with Gasteiger partial charge in [-0.05, 0) is 60.7 Å². The van der Waals surface area contributed by atoms with Gasteiger partial charge in [0.1, 0.15) is 11.6 Å². The van der Waals surface area contributed by atoms with Crippen LogP contribution in [0.3, 0.4) is 0 Å². The first-order valence-corrected chi connectivity index (χ1v) is 12.8. The van der Waals surface area contributed by atoms with Crippen LogP contribution < -0.4 is 15.0 Å². The number of nitrogens with zero attached hydrogens (tertiary/aromatic N) is 2. The molecule has 1 aromatic heterocycles. The first-order chi connectivity index (χ1) is 16.0. The summed E-state index contributed by atoms with van der Waals surface area (Å²) in [7, 11) is -2.00. The molecule has 0 unspecified atom stereocenters. The minimum absolute atomic E-state index is 0.239. The summed E-state index contributed by atoms with van der Waals surface area (Å²) in [5.41, 5.74) is 2.73. The summed E-state index contributed by atoms with van der Waals surface area (Å²) in [6.45, 7) is 4.23. The Kier molecular flexibility index (Phi) is 6.03. The number of rotatable bonds is 5. The molecule has 2 aliphatic rings. The largest absolute Gasteiger partial charge is 0.495 e. The van der Waals surface area contributed by atoms with Crippen LogP contribution in [0.1, 0.15) is 24.3 Å². The maximum atomic E-state index is 13.5. The van der Waals surface area contributed by atoms with E-state index in [0.717, 1.165) is 61.2 Å². The van der Waals surface area contributed by atoms with Gasteiger partial charge in [-0.15, -0.1) is 0 Å². The SMILES string of the molecule is COc1ccc(S(=O)(=O)N2CCC(c3c[nH]c4cc(F)ccc34)CC2)cc1N1CCNCC1. The monoisotopic (exact) mass is 472 g/mol. The molecule has 0 radical (unpaired) electrons. The van der Waals surface area contributed by atoms with Crippen LogP contribution in [0, 0.1) is 5.82 Å². The van der Waals surface area contributed by atoms with Crippen molar-refractivity contribution < 1.29 is 17.5 Å². The van der Waals surface area contributed by atoms with Crippen molar-refractivity contribution in [1.29, 1.82) is 0 Å². The fourth-order valence-electron chi connectivity index (χ4n) is 5.00. The molecule has 0 saturated carbocycles. The third-order valence-electron chi connectivity index (χ3n) is 6.82. The molecule has 2 N–H and O–H groups in total. The number of nitrogens with one attached hydrogen (secondary N) is 2. The Balaban J connectivity index is 1.35. The Morgan fingerprint density at radius 1 is 1.03 bits per heavy atom. The number of anilines is 1. The van der Waals surface area contributed by atoms with Crippen LogP contribution >= 0.6 is 0 Å². The van der Waals surface area contributed by atoms with Gasteiger partial charge in [0.2, 0.25) is 10.0 Å². The fraction of sp³-hybridized carbons (Fsp3) is 0.417.